The van der Waals surface area contributed by atoms with Gasteiger partial charge in [0.15, 0.2) is 0 Å². The summed E-state index contributed by atoms with van der Waals surface area (Å²) in [7, 11) is -2.48. The minimum atomic E-state index is -3.90. The smallest absolute Gasteiger partial charge is 0.244 e. The molecule has 2 aromatic rings. The standard InChI is InChI=1S/C25H33Cl2N3O5S/c1-16(2)13-28-25(32)18(4)29(14-19-20(26)8-7-9-21(19)27)24(31)15-30(36(6,33)34)22-12-17(3)10-11-23(22)35-5/h7-12,16,18H,13-15H2,1-6H3,(H,28,32)/t18-/m0/s1. The molecule has 0 aromatic heterocycles. The van der Waals surface area contributed by atoms with E-state index < -0.39 is 28.5 Å². The van der Waals surface area contributed by atoms with Crippen molar-refractivity contribution in [1.29, 1.82) is 0 Å². The predicted molar refractivity (Wildman–Crippen MR) is 144 cm³/mol. The van der Waals surface area contributed by atoms with Crippen LogP contribution in [-0.4, -0.2) is 57.6 Å². The number of nitrogens with zero attached hydrogens (tertiary/aromatic N) is 2. The van der Waals surface area contributed by atoms with Crippen LogP contribution in [0.3, 0.4) is 0 Å². The van der Waals surface area contributed by atoms with Crippen LogP contribution in [0.1, 0.15) is 31.9 Å². The van der Waals surface area contributed by atoms with E-state index in [0.29, 0.717) is 27.9 Å². The number of anilines is 1. The zero-order chi connectivity index (χ0) is 27.2. The molecule has 0 bridgehead atoms. The third-order valence-electron chi connectivity index (χ3n) is 5.52. The summed E-state index contributed by atoms with van der Waals surface area (Å²) in [5.74, 6) is -0.480. The molecule has 0 spiro atoms. The van der Waals surface area contributed by atoms with Crippen LogP contribution in [-0.2, 0) is 26.2 Å². The summed E-state index contributed by atoms with van der Waals surface area (Å²) in [6.07, 6.45) is 1.01. The highest BCUT2D eigenvalue weighted by molar-refractivity contribution is 7.92. The lowest BCUT2D eigenvalue weighted by molar-refractivity contribution is -0.139. The molecule has 0 unspecified atom stereocenters. The van der Waals surface area contributed by atoms with Gasteiger partial charge in [0, 0.05) is 28.7 Å². The number of aryl methyl sites for hydroxylation is 1. The number of methoxy groups -OCH3 is 1. The van der Waals surface area contributed by atoms with E-state index in [1.54, 1.807) is 50.2 Å². The fourth-order valence-electron chi connectivity index (χ4n) is 3.48. The molecule has 2 aromatic carbocycles. The van der Waals surface area contributed by atoms with Gasteiger partial charge in [-0.3, -0.25) is 13.9 Å². The van der Waals surface area contributed by atoms with Gasteiger partial charge in [-0.25, -0.2) is 8.42 Å². The van der Waals surface area contributed by atoms with Gasteiger partial charge in [0.1, 0.15) is 18.3 Å². The SMILES string of the molecule is COc1ccc(C)cc1N(CC(=O)N(Cc1c(Cl)cccc1Cl)[C@@H](C)C(=O)NCC(C)C)S(C)(=O)=O. The summed E-state index contributed by atoms with van der Waals surface area (Å²) in [5.41, 5.74) is 1.46. The molecule has 36 heavy (non-hydrogen) atoms. The van der Waals surface area contributed by atoms with E-state index in [0.717, 1.165) is 16.1 Å². The van der Waals surface area contributed by atoms with E-state index in [-0.39, 0.29) is 24.1 Å². The van der Waals surface area contributed by atoms with Gasteiger partial charge in [0.2, 0.25) is 21.8 Å². The second-order valence-corrected chi connectivity index (χ2v) is 11.7. The number of benzene rings is 2. The summed E-state index contributed by atoms with van der Waals surface area (Å²) in [6.45, 7) is 7.08. The van der Waals surface area contributed by atoms with Crippen molar-refractivity contribution in [3.8, 4) is 5.75 Å². The van der Waals surface area contributed by atoms with Crippen LogP contribution in [0, 0.1) is 12.8 Å². The second kappa shape index (κ2) is 12.7. The van der Waals surface area contributed by atoms with Gasteiger partial charge >= 0.3 is 0 Å². The number of nitrogens with one attached hydrogen (secondary N) is 1. The highest BCUT2D eigenvalue weighted by Crippen LogP contribution is 2.32. The molecule has 0 saturated heterocycles. The van der Waals surface area contributed by atoms with Crippen molar-refractivity contribution in [2.45, 2.75) is 40.3 Å². The van der Waals surface area contributed by atoms with Gasteiger partial charge in [0.25, 0.3) is 0 Å². The normalized spacial score (nSPS) is 12.2. The molecular weight excluding hydrogens is 525 g/mol. The summed E-state index contributed by atoms with van der Waals surface area (Å²) in [4.78, 5) is 27.9. The summed E-state index contributed by atoms with van der Waals surface area (Å²) >= 11 is 12.7. The van der Waals surface area contributed by atoms with Crippen molar-refractivity contribution >= 4 is 50.7 Å². The Morgan fingerprint density at radius 1 is 1.08 bits per heavy atom. The maximum atomic E-state index is 13.7. The Kier molecular flexibility index (Phi) is 10.5. The molecule has 0 aliphatic rings. The number of carbonyl (C=O) groups excluding carboxylic acids is 2. The Balaban J connectivity index is 2.50. The number of ether oxygens (including phenoxy) is 1. The fourth-order valence-corrected chi connectivity index (χ4v) is 4.84. The van der Waals surface area contributed by atoms with Crippen molar-refractivity contribution in [1.82, 2.24) is 10.2 Å². The maximum absolute atomic E-state index is 13.7. The molecular formula is C25H33Cl2N3O5S. The second-order valence-electron chi connectivity index (χ2n) is 8.98. The first-order valence-electron chi connectivity index (χ1n) is 11.4. The number of sulfonamides is 1. The molecule has 0 aliphatic heterocycles. The summed E-state index contributed by atoms with van der Waals surface area (Å²) in [5, 5.41) is 3.48. The van der Waals surface area contributed by atoms with E-state index in [9.17, 15) is 18.0 Å². The van der Waals surface area contributed by atoms with Gasteiger partial charge in [-0.05, 0) is 49.6 Å². The molecule has 0 radical (unpaired) electrons. The van der Waals surface area contributed by atoms with Crippen LogP contribution in [0.4, 0.5) is 5.69 Å². The Morgan fingerprint density at radius 3 is 2.22 bits per heavy atom. The van der Waals surface area contributed by atoms with Crippen molar-refractivity contribution in [3.63, 3.8) is 0 Å². The molecule has 0 heterocycles. The fraction of sp³-hybridized carbons (Fsp3) is 0.440. The number of hydrogen-bond donors (Lipinski definition) is 1. The Labute approximate surface area is 223 Å². The van der Waals surface area contributed by atoms with Gasteiger partial charge in [0.05, 0.1) is 19.1 Å². The Hall–Kier alpha value is -2.49. The molecule has 2 amide bonds. The lowest BCUT2D eigenvalue weighted by Gasteiger charge is -2.32. The molecule has 0 fully saturated rings. The topological polar surface area (TPSA) is 96.0 Å². The number of halogens is 2. The average Bonchev–Trinajstić information content (AvgIpc) is 2.79. The van der Waals surface area contributed by atoms with Crippen molar-refractivity contribution in [2.75, 3.05) is 30.8 Å². The van der Waals surface area contributed by atoms with Gasteiger partial charge < -0.3 is 15.0 Å². The highest BCUT2D eigenvalue weighted by Gasteiger charge is 2.32. The van der Waals surface area contributed by atoms with Gasteiger partial charge in [-0.15, -0.1) is 0 Å². The van der Waals surface area contributed by atoms with Crippen LogP contribution < -0.4 is 14.4 Å². The lowest BCUT2D eigenvalue weighted by atomic mass is 10.1. The number of carbonyl (C=O) groups is 2. The minimum Gasteiger partial charge on any atom is -0.495 e. The lowest BCUT2D eigenvalue weighted by Crippen LogP contribution is -2.51. The molecule has 1 N–H and O–H groups in total. The van der Waals surface area contributed by atoms with E-state index in [2.05, 4.69) is 5.32 Å². The molecule has 11 heteroatoms. The monoisotopic (exact) mass is 557 g/mol. The average molecular weight is 559 g/mol. The predicted octanol–water partition coefficient (Wildman–Crippen LogP) is 4.27. The van der Waals surface area contributed by atoms with Crippen LogP contribution in [0.5, 0.6) is 5.75 Å². The maximum Gasteiger partial charge on any atom is 0.244 e. The van der Waals surface area contributed by atoms with E-state index >= 15 is 0 Å². The van der Waals surface area contributed by atoms with E-state index in [1.165, 1.54) is 12.0 Å². The molecule has 2 rings (SSSR count). The number of amides is 2. The highest BCUT2D eigenvalue weighted by atomic mass is 35.5. The van der Waals surface area contributed by atoms with Gasteiger partial charge in [-0.1, -0.05) is 49.2 Å². The first kappa shape index (κ1) is 29.7. The third kappa shape index (κ3) is 7.75. The quantitative estimate of drug-likeness (QED) is 0.445. The van der Waals surface area contributed by atoms with E-state index in [1.807, 2.05) is 13.8 Å². The molecule has 1 atom stereocenters. The van der Waals surface area contributed by atoms with Crippen LogP contribution in [0.25, 0.3) is 0 Å². The first-order valence-corrected chi connectivity index (χ1v) is 14.0. The van der Waals surface area contributed by atoms with Crippen LogP contribution in [0.2, 0.25) is 10.0 Å². The summed E-state index contributed by atoms with van der Waals surface area (Å²) in [6, 6.07) is 9.05. The number of rotatable bonds is 11. The van der Waals surface area contributed by atoms with E-state index in [4.69, 9.17) is 27.9 Å². The molecule has 198 valence electrons. The Bertz CT molecular complexity index is 1180. The van der Waals surface area contributed by atoms with Crippen LogP contribution >= 0.6 is 23.2 Å². The number of hydrogen-bond acceptors (Lipinski definition) is 5. The zero-order valence-electron chi connectivity index (χ0n) is 21.3. The van der Waals surface area contributed by atoms with Crippen molar-refractivity contribution in [2.24, 2.45) is 5.92 Å². The zero-order valence-corrected chi connectivity index (χ0v) is 23.7. The summed E-state index contributed by atoms with van der Waals surface area (Å²) < 4.78 is 31.9. The third-order valence-corrected chi connectivity index (χ3v) is 7.36. The first-order chi connectivity index (χ1) is 16.8. The van der Waals surface area contributed by atoms with Gasteiger partial charge in [-0.2, -0.15) is 0 Å². The molecule has 0 saturated carbocycles. The molecule has 0 aliphatic carbocycles. The largest absolute Gasteiger partial charge is 0.495 e. The van der Waals surface area contributed by atoms with Crippen LogP contribution in [0.15, 0.2) is 36.4 Å². The molecule has 8 nitrogen and oxygen atoms in total. The minimum absolute atomic E-state index is 0.0871. The van der Waals surface area contributed by atoms with Crippen molar-refractivity contribution in [3.05, 3.63) is 57.6 Å². The van der Waals surface area contributed by atoms with Crippen molar-refractivity contribution < 1.29 is 22.7 Å². The Morgan fingerprint density at radius 2 is 1.69 bits per heavy atom.